The lowest BCUT2D eigenvalue weighted by Crippen LogP contribution is -2.32. The summed E-state index contributed by atoms with van der Waals surface area (Å²) < 4.78 is 41.2. The first-order valence-electron chi connectivity index (χ1n) is 7.74. The summed E-state index contributed by atoms with van der Waals surface area (Å²) in [6, 6.07) is 5.98. The SMILES string of the molecule is O=C(CCc1ccccc1OC(F)(F)F)N1C[C@H]2CNC[C@H]2C1. The molecule has 2 heterocycles. The highest BCUT2D eigenvalue weighted by Crippen LogP contribution is 2.29. The largest absolute Gasteiger partial charge is 0.573 e. The number of alkyl halides is 3. The summed E-state index contributed by atoms with van der Waals surface area (Å²) in [4.78, 5) is 14.1. The predicted octanol–water partition coefficient (Wildman–Crippen LogP) is 2.20. The number of nitrogens with zero attached hydrogens (tertiary/aromatic N) is 1. The van der Waals surface area contributed by atoms with Crippen LogP contribution in [0.15, 0.2) is 24.3 Å². The van der Waals surface area contributed by atoms with Gasteiger partial charge in [0, 0.05) is 32.6 Å². The monoisotopic (exact) mass is 328 g/mol. The number of hydrogen-bond donors (Lipinski definition) is 1. The molecule has 1 amide bonds. The van der Waals surface area contributed by atoms with Crippen LogP contribution < -0.4 is 10.1 Å². The number of hydrogen-bond acceptors (Lipinski definition) is 3. The highest BCUT2D eigenvalue weighted by atomic mass is 19.4. The van der Waals surface area contributed by atoms with Gasteiger partial charge in [0.15, 0.2) is 0 Å². The minimum atomic E-state index is -4.72. The van der Waals surface area contributed by atoms with Crippen LogP contribution in [-0.4, -0.2) is 43.3 Å². The van der Waals surface area contributed by atoms with E-state index in [1.165, 1.54) is 12.1 Å². The van der Waals surface area contributed by atoms with E-state index in [2.05, 4.69) is 10.1 Å². The smallest absolute Gasteiger partial charge is 0.406 e. The second-order valence-corrected chi connectivity index (χ2v) is 6.13. The van der Waals surface area contributed by atoms with Crippen LogP contribution in [0.5, 0.6) is 5.75 Å². The Morgan fingerprint density at radius 1 is 1.22 bits per heavy atom. The lowest BCUT2D eigenvalue weighted by molar-refractivity contribution is -0.274. The molecule has 1 aromatic rings. The molecule has 23 heavy (non-hydrogen) atoms. The van der Waals surface area contributed by atoms with E-state index in [1.807, 2.05) is 4.90 Å². The molecule has 2 atom stereocenters. The van der Waals surface area contributed by atoms with Crippen molar-refractivity contribution in [2.45, 2.75) is 19.2 Å². The number of benzene rings is 1. The maximum absolute atomic E-state index is 12.4. The maximum atomic E-state index is 12.4. The number of aryl methyl sites for hydroxylation is 1. The first kappa shape index (κ1) is 16.1. The number of carbonyl (C=O) groups excluding carboxylic acids is 1. The first-order chi connectivity index (χ1) is 10.9. The molecule has 0 unspecified atom stereocenters. The average Bonchev–Trinajstić information content (AvgIpc) is 3.05. The molecule has 0 radical (unpaired) electrons. The van der Waals surface area contributed by atoms with Crippen molar-refractivity contribution in [3.63, 3.8) is 0 Å². The molecule has 3 rings (SSSR count). The number of fused-ring (bicyclic) bond motifs is 1. The summed E-state index contributed by atoms with van der Waals surface area (Å²) in [5.74, 6) is 0.802. The zero-order valence-electron chi connectivity index (χ0n) is 12.6. The molecule has 0 bridgehead atoms. The Morgan fingerprint density at radius 3 is 2.52 bits per heavy atom. The third-order valence-electron chi connectivity index (χ3n) is 4.55. The fraction of sp³-hybridized carbons (Fsp3) is 0.562. The third-order valence-corrected chi connectivity index (χ3v) is 4.55. The maximum Gasteiger partial charge on any atom is 0.573 e. The van der Waals surface area contributed by atoms with Crippen LogP contribution in [0.25, 0.3) is 0 Å². The van der Waals surface area contributed by atoms with Gasteiger partial charge in [0.25, 0.3) is 0 Å². The van der Waals surface area contributed by atoms with Crippen molar-refractivity contribution in [2.24, 2.45) is 11.8 Å². The van der Waals surface area contributed by atoms with Crippen molar-refractivity contribution in [3.05, 3.63) is 29.8 Å². The van der Waals surface area contributed by atoms with Crippen LogP contribution in [-0.2, 0) is 11.2 Å². The number of rotatable bonds is 4. The standard InChI is InChI=1S/C16H19F3N2O2/c17-16(18,19)23-14-4-2-1-3-11(14)5-6-15(22)21-9-12-7-20-8-13(12)10-21/h1-4,12-13,20H,5-10H2/t12-,13+. The molecule has 1 aromatic carbocycles. The molecular formula is C16H19F3N2O2. The van der Waals surface area contributed by atoms with Crippen LogP contribution in [0.3, 0.4) is 0 Å². The molecular weight excluding hydrogens is 309 g/mol. The van der Waals surface area contributed by atoms with Crippen LogP contribution in [0.1, 0.15) is 12.0 Å². The van der Waals surface area contributed by atoms with Crippen LogP contribution in [0.2, 0.25) is 0 Å². The summed E-state index contributed by atoms with van der Waals surface area (Å²) in [5, 5.41) is 3.31. The number of carbonyl (C=O) groups is 1. The van der Waals surface area contributed by atoms with E-state index in [1.54, 1.807) is 12.1 Å². The van der Waals surface area contributed by atoms with Gasteiger partial charge in [-0.2, -0.15) is 0 Å². The van der Waals surface area contributed by atoms with Crippen molar-refractivity contribution in [2.75, 3.05) is 26.2 Å². The van der Waals surface area contributed by atoms with Gasteiger partial charge in [-0.15, -0.1) is 13.2 Å². The fourth-order valence-electron chi connectivity index (χ4n) is 3.39. The zero-order chi connectivity index (χ0) is 16.4. The molecule has 2 aliphatic rings. The van der Waals surface area contributed by atoms with E-state index in [4.69, 9.17) is 0 Å². The second kappa shape index (κ2) is 6.39. The number of nitrogens with one attached hydrogen (secondary N) is 1. The summed E-state index contributed by atoms with van der Waals surface area (Å²) in [5.41, 5.74) is 0.402. The van der Waals surface area contributed by atoms with E-state index in [0.29, 0.717) is 17.4 Å². The molecule has 7 heteroatoms. The van der Waals surface area contributed by atoms with Crippen LogP contribution >= 0.6 is 0 Å². The molecule has 2 fully saturated rings. The Kier molecular flexibility index (Phi) is 4.48. The average molecular weight is 328 g/mol. The summed E-state index contributed by atoms with van der Waals surface area (Å²) >= 11 is 0. The topological polar surface area (TPSA) is 41.6 Å². The highest BCUT2D eigenvalue weighted by Gasteiger charge is 2.38. The van der Waals surface area contributed by atoms with Crippen molar-refractivity contribution >= 4 is 5.91 Å². The van der Waals surface area contributed by atoms with E-state index in [0.717, 1.165) is 26.2 Å². The Balaban J connectivity index is 1.57. The molecule has 1 N–H and O–H groups in total. The minimum absolute atomic E-state index is 0.00112. The van der Waals surface area contributed by atoms with Crippen LogP contribution in [0.4, 0.5) is 13.2 Å². The Hall–Kier alpha value is -1.76. The number of ether oxygens (including phenoxy) is 1. The number of likely N-dealkylation sites (tertiary alicyclic amines) is 1. The molecule has 0 spiro atoms. The zero-order valence-corrected chi connectivity index (χ0v) is 12.6. The Bertz CT molecular complexity index is 565. The van der Waals surface area contributed by atoms with Crippen molar-refractivity contribution < 1.29 is 22.7 Å². The Morgan fingerprint density at radius 2 is 1.87 bits per heavy atom. The summed E-state index contributed by atoms with van der Waals surface area (Å²) in [6.45, 7) is 3.38. The van der Waals surface area contributed by atoms with Gasteiger partial charge in [-0.25, -0.2) is 0 Å². The quantitative estimate of drug-likeness (QED) is 0.921. The highest BCUT2D eigenvalue weighted by molar-refractivity contribution is 5.77. The van der Waals surface area contributed by atoms with Gasteiger partial charge in [-0.3, -0.25) is 4.79 Å². The van der Waals surface area contributed by atoms with Crippen molar-refractivity contribution in [1.82, 2.24) is 10.2 Å². The van der Waals surface area contributed by atoms with Gasteiger partial charge in [0.2, 0.25) is 5.91 Å². The molecule has 2 aliphatic heterocycles. The minimum Gasteiger partial charge on any atom is -0.406 e. The van der Waals surface area contributed by atoms with Crippen molar-refractivity contribution in [3.8, 4) is 5.75 Å². The molecule has 0 aliphatic carbocycles. The summed E-state index contributed by atoms with van der Waals surface area (Å²) in [6.07, 6.45) is -4.28. The van der Waals surface area contributed by atoms with E-state index in [-0.39, 0.29) is 24.5 Å². The van der Waals surface area contributed by atoms with E-state index >= 15 is 0 Å². The van der Waals surface area contributed by atoms with Gasteiger partial charge in [0.05, 0.1) is 0 Å². The number of amides is 1. The number of para-hydroxylation sites is 1. The van der Waals surface area contributed by atoms with Gasteiger partial charge < -0.3 is 15.0 Å². The van der Waals surface area contributed by atoms with Gasteiger partial charge in [-0.05, 0) is 29.9 Å². The molecule has 4 nitrogen and oxygen atoms in total. The van der Waals surface area contributed by atoms with Crippen molar-refractivity contribution in [1.29, 1.82) is 0 Å². The van der Waals surface area contributed by atoms with Gasteiger partial charge in [-0.1, -0.05) is 18.2 Å². The normalized spacial score (nSPS) is 23.9. The lowest BCUT2D eigenvalue weighted by Gasteiger charge is -2.18. The fourth-order valence-corrected chi connectivity index (χ4v) is 3.39. The molecule has 126 valence electrons. The van der Waals surface area contributed by atoms with E-state index < -0.39 is 6.36 Å². The van der Waals surface area contributed by atoms with Gasteiger partial charge >= 0.3 is 6.36 Å². The third kappa shape index (κ3) is 3.96. The molecule has 2 saturated heterocycles. The molecule has 0 saturated carbocycles. The second-order valence-electron chi connectivity index (χ2n) is 6.13. The first-order valence-corrected chi connectivity index (χ1v) is 7.74. The van der Waals surface area contributed by atoms with Crippen LogP contribution in [0, 0.1) is 11.8 Å². The van der Waals surface area contributed by atoms with Gasteiger partial charge in [0.1, 0.15) is 5.75 Å². The lowest BCUT2D eigenvalue weighted by atomic mass is 10.0. The van der Waals surface area contributed by atoms with E-state index in [9.17, 15) is 18.0 Å². The summed E-state index contributed by atoms with van der Waals surface area (Å²) in [7, 11) is 0. The predicted molar refractivity (Wildman–Crippen MR) is 77.9 cm³/mol. The Labute approximate surface area is 132 Å². The molecule has 0 aromatic heterocycles. The number of halogens is 3.